The Morgan fingerprint density at radius 1 is 1.26 bits per heavy atom. The van der Waals surface area contributed by atoms with Crippen LogP contribution in [-0.2, 0) is 11.2 Å². The maximum atomic E-state index is 14.6. The number of anilines is 2. The zero-order chi connectivity index (χ0) is 24.5. The van der Waals surface area contributed by atoms with E-state index in [9.17, 15) is 18.7 Å². The summed E-state index contributed by atoms with van der Waals surface area (Å²) in [5, 5.41) is 20.0. The first kappa shape index (κ1) is 24.1. The molecule has 0 spiro atoms. The minimum atomic E-state index is -1.17. The topological polar surface area (TPSA) is 94.1 Å². The third-order valence-electron chi connectivity index (χ3n) is 6.57. The number of hydrogen-bond acceptors (Lipinski definition) is 5. The quantitative estimate of drug-likeness (QED) is 0.419. The van der Waals surface area contributed by atoms with Gasteiger partial charge in [-0.25, -0.2) is 13.8 Å². The molecule has 7 nitrogen and oxygen atoms in total. The van der Waals surface area contributed by atoms with Gasteiger partial charge < -0.3 is 10.4 Å². The maximum absolute atomic E-state index is 14.6. The van der Waals surface area contributed by atoms with Crippen molar-refractivity contribution in [2.24, 2.45) is 5.41 Å². The molecular weight excluding hydrogens is 464 g/mol. The number of carbonyl (C=O) groups is 1. The lowest BCUT2D eigenvalue weighted by Gasteiger charge is -2.41. The third-order valence-corrected chi connectivity index (χ3v) is 6.87. The van der Waals surface area contributed by atoms with Crippen molar-refractivity contribution < 1.29 is 18.7 Å². The molecule has 0 aliphatic carbocycles. The number of H-pyrrole nitrogens is 1. The van der Waals surface area contributed by atoms with E-state index in [1.54, 1.807) is 18.2 Å². The molecule has 1 saturated heterocycles. The van der Waals surface area contributed by atoms with Crippen molar-refractivity contribution in [2.45, 2.75) is 39.2 Å². The molecule has 1 fully saturated rings. The Morgan fingerprint density at radius 3 is 2.65 bits per heavy atom. The molecule has 2 aromatic heterocycles. The monoisotopic (exact) mass is 489 g/mol. The minimum absolute atomic E-state index is 0.0446. The van der Waals surface area contributed by atoms with Crippen molar-refractivity contribution in [2.75, 3.05) is 18.4 Å². The highest BCUT2D eigenvalue weighted by molar-refractivity contribution is 6.30. The molecule has 1 aromatic carbocycles. The van der Waals surface area contributed by atoms with E-state index in [2.05, 4.69) is 20.5 Å². The van der Waals surface area contributed by atoms with Crippen LogP contribution >= 0.6 is 11.6 Å². The molecule has 0 amide bonds. The standard InChI is InChI=1S/C24H26ClF2N5O2/c1-14-12-21(31-30-14)29-20-7-6-18(26)19(28-20)13-24(23(33)34)8-10-32(11-9-24)15(2)16-4-3-5-17(25)22(16)27/h3-7,12,15H,8-11,13H2,1-2H3,(H,33,34)(H2,28,29,30,31)/t15-/m1/s1. The van der Waals surface area contributed by atoms with Gasteiger partial charge in [0.25, 0.3) is 0 Å². The molecule has 1 atom stereocenters. The SMILES string of the molecule is Cc1cc(Nc2ccc(F)c(CC3(C(=O)O)CCN([C@H](C)c4cccc(Cl)c4F)CC3)n2)n[nH]1. The lowest BCUT2D eigenvalue weighted by molar-refractivity contribution is -0.152. The molecule has 0 saturated carbocycles. The summed E-state index contributed by atoms with van der Waals surface area (Å²) in [7, 11) is 0. The van der Waals surface area contributed by atoms with Crippen LogP contribution in [0.5, 0.6) is 0 Å². The molecule has 4 rings (SSSR count). The molecule has 34 heavy (non-hydrogen) atoms. The summed E-state index contributed by atoms with van der Waals surface area (Å²) < 4.78 is 29.1. The minimum Gasteiger partial charge on any atom is -0.481 e. The van der Waals surface area contributed by atoms with Crippen LogP contribution in [0, 0.1) is 24.0 Å². The molecule has 3 heterocycles. The third kappa shape index (κ3) is 4.90. The van der Waals surface area contributed by atoms with Crippen LogP contribution in [-0.4, -0.2) is 44.2 Å². The average molecular weight is 490 g/mol. The van der Waals surface area contributed by atoms with Gasteiger partial charge in [-0.3, -0.25) is 14.8 Å². The molecule has 0 bridgehead atoms. The second-order valence-electron chi connectivity index (χ2n) is 8.80. The lowest BCUT2D eigenvalue weighted by Crippen LogP contribution is -2.46. The summed E-state index contributed by atoms with van der Waals surface area (Å²) in [4.78, 5) is 18.7. The van der Waals surface area contributed by atoms with Gasteiger partial charge in [-0.15, -0.1) is 0 Å². The van der Waals surface area contributed by atoms with Crippen molar-refractivity contribution in [3.05, 3.63) is 70.0 Å². The molecule has 10 heteroatoms. The average Bonchev–Trinajstić information content (AvgIpc) is 3.22. The Bertz CT molecular complexity index is 1190. The smallest absolute Gasteiger partial charge is 0.310 e. The first-order chi connectivity index (χ1) is 16.2. The number of nitrogens with zero attached hydrogens (tertiary/aromatic N) is 3. The highest BCUT2D eigenvalue weighted by atomic mass is 35.5. The van der Waals surface area contributed by atoms with Gasteiger partial charge in [0, 0.05) is 29.8 Å². The number of benzene rings is 1. The first-order valence-electron chi connectivity index (χ1n) is 11.0. The first-order valence-corrected chi connectivity index (χ1v) is 11.4. The molecule has 1 aliphatic heterocycles. The summed E-state index contributed by atoms with van der Waals surface area (Å²) in [5.74, 6) is -1.09. The van der Waals surface area contributed by atoms with Gasteiger partial charge in [0.05, 0.1) is 16.1 Å². The Hall–Kier alpha value is -3.04. The number of aromatic amines is 1. The molecule has 1 aliphatic rings. The van der Waals surface area contributed by atoms with Crippen molar-refractivity contribution in [1.29, 1.82) is 0 Å². The van der Waals surface area contributed by atoms with Crippen LogP contribution in [0.4, 0.5) is 20.4 Å². The zero-order valence-corrected chi connectivity index (χ0v) is 19.7. The van der Waals surface area contributed by atoms with E-state index in [4.69, 9.17) is 11.6 Å². The summed E-state index contributed by atoms with van der Waals surface area (Å²) in [5.41, 5.74) is 0.240. The fraction of sp³-hybridized carbons (Fsp3) is 0.375. The number of nitrogens with one attached hydrogen (secondary N) is 2. The zero-order valence-electron chi connectivity index (χ0n) is 18.9. The van der Waals surface area contributed by atoms with E-state index in [0.29, 0.717) is 30.3 Å². The number of likely N-dealkylation sites (tertiary alicyclic amines) is 1. The van der Waals surface area contributed by atoms with Gasteiger partial charge in [-0.2, -0.15) is 5.10 Å². The number of aliphatic carboxylic acids is 1. The number of rotatable bonds is 7. The highest BCUT2D eigenvalue weighted by Crippen LogP contribution is 2.39. The normalized spacial score (nSPS) is 16.9. The van der Waals surface area contributed by atoms with Crippen molar-refractivity contribution in [1.82, 2.24) is 20.1 Å². The fourth-order valence-electron chi connectivity index (χ4n) is 4.46. The number of halogens is 3. The van der Waals surface area contributed by atoms with Crippen LogP contribution < -0.4 is 5.32 Å². The highest BCUT2D eigenvalue weighted by Gasteiger charge is 2.43. The maximum Gasteiger partial charge on any atom is 0.310 e. The Labute approximate surface area is 201 Å². The van der Waals surface area contributed by atoms with Crippen molar-refractivity contribution >= 4 is 29.2 Å². The number of carboxylic acid groups (broad SMARTS) is 1. The largest absolute Gasteiger partial charge is 0.481 e. The van der Waals surface area contributed by atoms with Crippen LogP contribution in [0.25, 0.3) is 0 Å². The van der Waals surface area contributed by atoms with Crippen molar-refractivity contribution in [3.63, 3.8) is 0 Å². The number of carboxylic acids is 1. The van der Waals surface area contributed by atoms with Gasteiger partial charge >= 0.3 is 5.97 Å². The number of aromatic nitrogens is 3. The molecule has 180 valence electrons. The predicted molar refractivity (Wildman–Crippen MR) is 125 cm³/mol. The van der Waals surface area contributed by atoms with Crippen LogP contribution in [0.15, 0.2) is 36.4 Å². The predicted octanol–water partition coefficient (Wildman–Crippen LogP) is 5.26. The van der Waals surface area contributed by atoms with Gasteiger partial charge in [0.15, 0.2) is 5.82 Å². The molecular formula is C24H26ClF2N5O2. The van der Waals surface area contributed by atoms with E-state index in [-0.39, 0.29) is 36.0 Å². The molecule has 3 N–H and O–H groups in total. The number of pyridine rings is 1. The second-order valence-corrected chi connectivity index (χ2v) is 9.21. The van der Waals surface area contributed by atoms with Crippen molar-refractivity contribution in [3.8, 4) is 0 Å². The van der Waals surface area contributed by atoms with E-state index in [0.717, 1.165) is 5.69 Å². The summed E-state index contributed by atoms with van der Waals surface area (Å²) >= 11 is 5.93. The Morgan fingerprint density at radius 2 is 2.00 bits per heavy atom. The van der Waals surface area contributed by atoms with Gasteiger partial charge in [-0.1, -0.05) is 23.7 Å². The lowest BCUT2D eigenvalue weighted by atomic mass is 9.74. The van der Waals surface area contributed by atoms with Gasteiger partial charge in [-0.05, 0) is 58.0 Å². The van der Waals surface area contributed by atoms with Gasteiger partial charge in [0.2, 0.25) is 0 Å². The number of hydrogen-bond donors (Lipinski definition) is 3. The van der Waals surface area contributed by atoms with E-state index >= 15 is 0 Å². The summed E-state index contributed by atoms with van der Waals surface area (Å²) in [6.07, 6.45) is 0.523. The Kier molecular flexibility index (Phi) is 6.86. The fourth-order valence-corrected chi connectivity index (χ4v) is 4.64. The second kappa shape index (κ2) is 9.68. The summed E-state index contributed by atoms with van der Waals surface area (Å²) in [6.45, 7) is 4.57. The van der Waals surface area contributed by atoms with Crippen LogP contribution in [0.3, 0.4) is 0 Å². The Balaban J connectivity index is 1.50. The van der Waals surface area contributed by atoms with E-state index in [1.807, 2.05) is 18.7 Å². The number of aryl methyl sites for hydroxylation is 1. The number of piperidine rings is 1. The molecule has 3 aromatic rings. The summed E-state index contributed by atoms with van der Waals surface area (Å²) in [6, 6.07) is 9.15. The van der Waals surface area contributed by atoms with E-state index in [1.165, 1.54) is 18.2 Å². The van der Waals surface area contributed by atoms with Gasteiger partial charge in [0.1, 0.15) is 17.5 Å². The molecule has 0 radical (unpaired) electrons. The van der Waals surface area contributed by atoms with Crippen LogP contribution in [0.2, 0.25) is 5.02 Å². The van der Waals surface area contributed by atoms with E-state index < -0.39 is 23.0 Å². The van der Waals surface area contributed by atoms with Crippen LogP contribution in [0.1, 0.15) is 42.8 Å². The molecule has 0 unspecified atom stereocenters.